The molecule has 1 aromatic carbocycles. The lowest BCUT2D eigenvalue weighted by atomic mass is 10.0. The number of rotatable bonds is 5. The molecular formula is C24H25N5. The van der Waals surface area contributed by atoms with E-state index in [9.17, 15) is 0 Å². The van der Waals surface area contributed by atoms with Crippen molar-refractivity contribution in [3.63, 3.8) is 0 Å². The average molecular weight is 383 g/mol. The van der Waals surface area contributed by atoms with Crippen molar-refractivity contribution < 1.29 is 0 Å². The molecule has 0 saturated carbocycles. The molecule has 3 aromatic heterocycles. The number of benzene rings is 1. The van der Waals surface area contributed by atoms with Gasteiger partial charge in [0.15, 0.2) is 0 Å². The molecule has 5 nitrogen and oxygen atoms in total. The fourth-order valence-corrected chi connectivity index (χ4v) is 3.36. The highest BCUT2D eigenvalue weighted by Gasteiger charge is 2.12. The molecular weight excluding hydrogens is 358 g/mol. The molecule has 0 aliphatic rings. The Hall–Kier alpha value is -3.47. The maximum atomic E-state index is 4.59. The summed E-state index contributed by atoms with van der Waals surface area (Å²) in [5.74, 6) is 0. The summed E-state index contributed by atoms with van der Waals surface area (Å²) < 4.78 is 0. The molecule has 4 rings (SSSR count). The van der Waals surface area contributed by atoms with E-state index in [-0.39, 0.29) is 0 Å². The van der Waals surface area contributed by atoms with E-state index in [0.29, 0.717) is 0 Å². The van der Waals surface area contributed by atoms with E-state index in [1.165, 1.54) is 11.3 Å². The van der Waals surface area contributed by atoms with Gasteiger partial charge in [-0.15, -0.1) is 0 Å². The summed E-state index contributed by atoms with van der Waals surface area (Å²) in [6.07, 6.45) is 10.7. The molecule has 4 aromatic rings. The van der Waals surface area contributed by atoms with Crippen molar-refractivity contribution in [1.29, 1.82) is 0 Å². The van der Waals surface area contributed by atoms with Crippen LogP contribution in [0.15, 0.2) is 72.3 Å². The molecule has 3 heterocycles. The third-order valence-electron chi connectivity index (χ3n) is 5.23. The third-order valence-corrected chi connectivity index (χ3v) is 5.23. The Labute approximate surface area is 170 Å². The highest BCUT2D eigenvalue weighted by molar-refractivity contribution is 6.07. The molecule has 0 atom stereocenters. The van der Waals surface area contributed by atoms with E-state index in [0.717, 1.165) is 45.0 Å². The summed E-state index contributed by atoms with van der Waals surface area (Å²) in [5.41, 5.74) is 7.68. The number of nitrogens with zero attached hydrogens (tertiary/aromatic N) is 4. The van der Waals surface area contributed by atoms with E-state index >= 15 is 0 Å². The minimum absolute atomic E-state index is 0.809. The van der Waals surface area contributed by atoms with Crippen LogP contribution in [0.25, 0.3) is 32.9 Å². The number of aromatic amines is 1. The monoisotopic (exact) mass is 383 g/mol. The zero-order valence-electron chi connectivity index (χ0n) is 17.3. The van der Waals surface area contributed by atoms with E-state index in [4.69, 9.17) is 0 Å². The molecule has 0 radical (unpaired) electrons. The van der Waals surface area contributed by atoms with E-state index in [2.05, 4.69) is 89.4 Å². The predicted molar refractivity (Wildman–Crippen MR) is 120 cm³/mol. The van der Waals surface area contributed by atoms with Gasteiger partial charge in [0.2, 0.25) is 0 Å². The molecule has 146 valence electrons. The predicted octanol–water partition coefficient (Wildman–Crippen LogP) is 5.13. The van der Waals surface area contributed by atoms with Gasteiger partial charge < -0.3 is 4.90 Å². The van der Waals surface area contributed by atoms with Gasteiger partial charge in [0.05, 0.1) is 11.7 Å². The van der Waals surface area contributed by atoms with Gasteiger partial charge in [0, 0.05) is 60.6 Å². The maximum absolute atomic E-state index is 4.59. The third kappa shape index (κ3) is 3.90. The van der Waals surface area contributed by atoms with Crippen LogP contribution < -0.4 is 0 Å². The molecule has 0 bridgehead atoms. The van der Waals surface area contributed by atoms with Gasteiger partial charge in [-0.25, -0.2) is 0 Å². The first kappa shape index (κ1) is 18.9. The highest BCUT2D eigenvalue weighted by atomic mass is 15.1. The van der Waals surface area contributed by atoms with E-state index < -0.39 is 0 Å². The first-order valence-corrected chi connectivity index (χ1v) is 9.70. The van der Waals surface area contributed by atoms with Crippen molar-refractivity contribution >= 4 is 21.8 Å². The van der Waals surface area contributed by atoms with Crippen molar-refractivity contribution in [2.75, 3.05) is 14.1 Å². The first-order valence-electron chi connectivity index (χ1n) is 9.70. The Morgan fingerprint density at radius 1 is 1.03 bits per heavy atom. The minimum atomic E-state index is 0.809. The smallest absolute Gasteiger partial charge is 0.111 e. The molecule has 0 aliphatic heterocycles. The lowest BCUT2D eigenvalue weighted by Gasteiger charge is -2.11. The zero-order valence-corrected chi connectivity index (χ0v) is 17.3. The van der Waals surface area contributed by atoms with Crippen molar-refractivity contribution in [1.82, 2.24) is 25.1 Å². The number of hydrogen-bond donors (Lipinski definition) is 1. The molecule has 0 saturated heterocycles. The van der Waals surface area contributed by atoms with Crippen LogP contribution in [-0.4, -0.2) is 39.2 Å². The second kappa shape index (κ2) is 7.87. The van der Waals surface area contributed by atoms with Crippen molar-refractivity contribution in [3.05, 3.63) is 78.0 Å². The molecule has 1 N–H and O–H groups in total. The summed E-state index contributed by atoms with van der Waals surface area (Å²) in [6, 6.07) is 10.4. The topological polar surface area (TPSA) is 57.7 Å². The van der Waals surface area contributed by atoms with Crippen LogP contribution >= 0.6 is 0 Å². The van der Waals surface area contributed by atoms with Gasteiger partial charge in [-0.1, -0.05) is 23.8 Å². The largest absolute Gasteiger partial charge is 0.381 e. The van der Waals surface area contributed by atoms with Crippen LogP contribution in [0.3, 0.4) is 0 Å². The maximum Gasteiger partial charge on any atom is 0.111 e. The van der Waals surface area contributed by atoms with Crippen molar-refractivity contribution in [2.45, 2.75) is 20.3 Å². The molecule has 0 aliphatic carbocycles. The number of aromatic nitrogens is 4. The fraction of sp³-hybridized carbons (Fsp3) is 0.208. The number of pyridine rings is 2. The fourth-order valence-electron chi connectivity index (χ4n) is 3.36. The summed E-state index contributed by atoms with van der Waals surface area (Å²) in [7, 11) is 4.10. The molecule has 29 heavy (non-hydrogen) atoms. The first-order chi connectivity index (χ1) is 14.0. The SMILES string of the molecule is C/C(=C\C=C(/C)N(C)C)Cc1[nH]nc2cnc3ccc(-c4cccnc4)cc3c12. The van der Waals surface area contributed by atoms with Gasteiger partial charge >= 0.3 is 0 Å². The van der Waals surface area contributed by atoms with Crippen LogP contribution in [-0.2, 0) is 6.42 Å². The van der Waals surface area contributed by atoms with Gasteiger partial charge in [-0.3, -0.25) is 15.1 Å². The number of fused-ring (bicyclic) bond motifs is 3. The Kier molecular flexibility index (Phi) is 5.12. The van der Waals surface area contributed by atoms with Gasteiger partial charge in [0.1, 0.15) is 5.52 Å². The lowest BCUT2D eigenvalue weighted by molar-refractivity contribution is 0.514. The zero-order chi connectivity index (χ0) is 20.4. The lowest BCUT2D eigenvalue weighted by Crippen LogP contribution is -2.07. The van der Waals surface area contributed by atoms with Crippen molar-refractivity contribution in [3.8, 4) is 11.1 Å². The van der Waals surface area contributed by atoms with E-state index in [1.807, 2.05) is 18.5 Å². The molecule has 0 spiro atoms. The number of hydrogen-bond acceptors (Lipinski definition) is 4. The summed E-state index contributed by atoms with van der Waals surface area (Å²) in [5, 5.41) is 9.98. The second-order valence-electron chi connectivity index (χ2n) is 7.59. The van der Waals surface area contributed by atoms with Gasteiger partial charge in [0.25, 0.3) is 0 Å². The Morgan fingerprint density at radius 2 is 1.90 bits per heavy atom. The minimum Gasteiger partial charge on any atom is -0.381 e. The van der Waals surface area contributed by atoms with Gasteiger partial charge in [-0.05, 0) is 43.7 Å². The standard InChI is InChI=1S/C24H25N5/c1-16(7-8-17(2)29(3)4)12-22-24-20-13-18(19-6-5-11-25-14-19)9-10-21(20)26-15-23(24)28-27-22/h5-11,13-15H,12H2,1-4H3,(H,27,28)/b16-7+,17-8+. The van der Waals surface area contributed by atoms with Crippen LogP contribution in [0.2, 0.25) is 0 Å². The number of H-pyrrole nitrogens is 1. The normalized spacial score (nSPS) is 12.7. The highest BCUT2D eigenvalue weighted by Crippen LogP contribution is 2.30. The average Bonchev–Trinajstić information content (AvgIpc) is 3.15. The van der Waals surface area contributed by atoms with Crippen LogP contribution in [0, 0.1) is 0 Å². The van der Waals surface area contributed by atoms with E-state index in [1.54, 1.807) is 6.20 Å². The molecule has 0 amide bonds. The van der Waals surface area contributed by atoms with Gasteiger partial charge in [-0.2, -0.15) is 5.10 Å². The molecule has 0 fully saturated rings. The summed E-state index contributed by atoms with van der Waals surface area (Å²) >= 11 is 0. The molecule has 5 heteroatoms. The van der Waals surface area contributed by atoms with Crippen molar-refractivity contribution in [2.24, 2.45) is 0 Å². The Bertz CT molecular complexity index is 1220. The summed E-state index contributed by atoms with van der Waals surface area (Å²) in [6.45, 7) is 4.26. The second-order valence-corrected chi connectivity index (χ2v) is 7.59. The Balaban J connectivity index is 1.78. The number of nitrogens with one attached hydrogen (secondary N) is 1. The van der Waals surface area contributed by atoms with Crippen LogP contribution in [0.5, 0.6) is 0 Å². The molecule has 0 unspecified atom stereocenters. The van der Waals surface area contributed by atoms with Crippen LogP contribution in [0.4, 0.5) is 0 Å². The summed E-state index contributed by atoms with van der Waals surface area (Å²) in [4.78, 5) is 10.9. The number of allylic oxidation sites excluding steroid dienone is 4. The quantitative estimate of drug-likeness (QED) is 0.486. The Morgan fingerprint density at radius 3 is 2.66 bits per heavy atom. The van der Waals surface area contributed by atoms with Crippen LogP contribution in [0.1, 0.15) is 19.5 Å².